The maximum Gasteiger partial charge on any atom is 0.339 e. The molecule has 3 aromatic carbocycles. The summed E-state index contributed by atoms with van der Waals surface area (Å²) in [4.78, 5) is 28.3. The van der Waals surface area contributed by atoms with Gasteiger partial charge in [0.2, 0.25) is 0 Å². The van der Waals surface area contributed by atoms with Gasteiger partial charge in [0.15, 0.2) is 0 Å². The van der Waals surface area contributed by atoms with E-state index in [9.17, 15) is 9.59 Å². The van der Waals surface area contributed by atoms with Crippen molar-refractivity contribution in [2.75, 3.05) is 40.6 Å². The maximum absolute atomic E-state index is 14.2. The summed E-state index contributed by atoms with van der Waals surface area (Å²) in [6.45, 7) is 11.3. The summed E-state index contributed by atoms with van der Waals surface area (Å²) >= 11 is 0. The Morgan fingerprint density at radius 3 is 1.16 bits per heavy atom. The van der Waals surface area contributed by atoms with Gasteiger partial charge < -0.3 is 28.4 Å². The Bertz CT molecular complexity index is 1530. The van der Waals surface area contributed by atoms with Gasteiger partial charge in [-0.1, -0.05) is 129 Å². The minimum Gasteiger partial charge on any atom is -0.494 e. The lowest BCUT2D eigenvalue weighted by atomic mass is 9.74. The molecule has 0 saturated carbocycles. The first-order valence-electron chi connectivity index (χ1n) is 22.5. The summed E-state index contributed by atoms with van der Waals surface area (Å²) in [5.41, 5.74) is 5.19. The number of esters is 2. The number of carbonyl (C=O) groups is 2. The van der Waals surface area contributed by atoms with Gasteiger partial charge in [0.1, 0.15) is 11.5 Å². The molecule has 0 aromatic heterocycles. The molecular formula is C50H72O8. The predicted molar refractivity (Wildman–Crippen MR) is 234 cm³/mol. The van der Waals surface area contributed by atoms with Crippen molar-refractivity contribution < 1.29 is 38.0 Å². The van der Waals surface area contributed by atoms with Crippen LogP contribution in [0.5, 0.6) is 11.5 Å². The van der Waals surface area contributed by atoms with Gasteiger partial charge in [-0.3, -0.25) is 0 Å². The Balaban J connectivity index is 1.88. The summed E-state index contributed by atoms with van der Waals surface area (Å²) < 4.78 is 36.6. The number of fused-ring (bicyclic) bond motifs is 1. The molecule has 1 aliphatic rings. The van der Waals surface area contributed by atoms with Crippen molar-refractivity contribution in [3.05, 3.63) is 70.8 Å². The van der Waals surface area contributed by atoms with Gasteiger partial charge in [-0.25, -0.2) is 9.59 Å². The monoisotopic (exact) mass is 801 g/mol. The molecule has 0 N–H and O–H groups in total. The first kappa shape index (κ1) is 46.8. The second-order valence-corrected chi connectivity index (χ2v) is 15.7. The molecule has 0 aliphatic heterocycles. The van der Waals surface area contributed by atoms with E-state index < -0.39 is 11.9 Å². The Labute approximate surface area is 349 Å². The largest absolute Gasteiger partial charge is 0.494 e. The second-order valence-electron chi connectivity index (χ2n) is 15.7. The molecule has 1 aliphatic carbocycles. The molecule has 8 nitrogen and oxygen atoms in total. The number of hydrogen-bond acceptors (Lipinski definition) is 8. The molecule has 0 amide bonds. The van der Waals surface area contributed by atoms with Crippen LogP contribution in [0.4, 0.5) is 0 Å². The van der Waals surface area contributed by atoms with Gasteiger partial charge >= 0.3 is 11.9 Å². The van der Waals surface area contributed by atoms with E-state index in [4.69, 9.17) is 28.4 Å². The summed E-state index contributed by atoms with van der Waals surface area (Å²) in [6.07, 6.45) is 18.6. The molecule has 0 unspecified atom stereocenters. The number of carbonyl (C=O) groups excluding carboxylic acids is 2. The highest BCUT2D eigenvalue weighted by Crippen LogP contribution is 2.46. The van der Waals surface area contributed by atoms with Crippen LogP contribution in [0.25, 0.3) is 22.3 Å². The van der Waals surface area contributed by atoms with Crippen LogP contribution < -0.4 is 9.47 Å². The van der Waals surface area contributed by atoms with Crippen LogP contribution in [0.15, 0.2) is 48.5 Å². The molecule has 0 fully saturated rings. The van der Waals surface area contributed by atoms with E-state index >= 15 is 0 Å². The third kappa shape index (κ3) is 13.6. The van der Waals surface area contributed by atoms with E-state index in [0.29, 0.717) is 50.4 Å². The summed E-state index contributed by atoms with van der Waals surface area (Å²) in [6, 6.07) is 15.6. The zero-order chi connectivity index (χ0) is 41.5. The number of methoxy groups -OCH3 is 2. The fraction of sp³-hybridized carbons (Fsp3) is 0.600. The molecule has 0 bridgehead atoms. The van der Waals surface area contributed by atoms with E-state index in [1.807, 2.05) is 48.5 Å². The highest BCUT2D eigenvalue weighted by atomic mass is 16.5. The third-order valence-corrected chi connectivity index (χ3v) is 11.2. The highest BCUT2D eigenvalue weighted by molar-refractivity contribution is 6.13. The van der Waals surface area contributed by atoms with Crippen molar-refractivity contribution in [2.45, 2.75) is 155 Å². The predicted octanol–water partition coefficient (Wildman–Crippen LogP) is 12.5. The fourth-order valence-electron chi connectivity index (χ4n) is 7.89. The summed E-state index contributed by atoms with van der Waals surface area (Å²) in [5.74, 6) is 0.293. The van der Waals surface area contributed by atoms with E-state index in [1.165, 1.54) is 65.6 Å². The fourth-order valence-corrected chi connectivity index (χ4v) is 7.89. The van der Waals surface area contributed by atoms with Crippen LogP contribution in [-0.4, -0.2) is 64.8 Å². The van der Waals surface area contributed by atoms with Crippen LogP contribution in [0.3, 0.4) is 0 Å². The number of ether oxygens (including phenoxy) is 6. The molecule has 8 heteroatoms. The van der Waals surface area contributed by atoms with Crippen LogP contribution >= 0.6 is 0 Å². The van der Waals surface area contributed by atoms with Gasteiger partial charge in [0.25, 0.3) is 0 Å². The van der Waals surface area contributed by atoms with Crippen molar-refractivity contribution in [3.8, 4) is 33.8 Å². The van der Waals surface area contributed by atoms with E-state index in [1.54, 1.807) is 0 Å². The SMILES string of the molecule is CCCCCCCCO[C@H]1Cc2c(c(-c3ccc(OCCCC)cc3)c(C(=O)OC)c(C(=O)OC)c2-c2ccc(OCCCC)cc2)C[C@@H]1OCCCCCCCC. The van der Waals surface area contributed by atoms with Gasteiger partial charge in [-0.05, 0) is 72.2 Å². The van der Waals surface area contributed by atoms with Crippen LogP contribution in [0.1, 0.15) is 162 Å². The lowest BCUT2D eigenvalue weighted by molar-refractivity contribution is -0.0782. The molecule has 58 heavy (non-hydrogen) atoms. The lowest BCUT2D eigenvalue weighted by Crippen LogP contribution is -2.41. The van der Waals surface area contributed by atoms with E-state index in [0.717, 1.165) is 85.1 Å². The average molecular weight is 801 g/mol. The Kier molecular flexibility index (Phi) is 21.2. The molecule has 2 atom stereocenters. The lowest BCUT2D eigenvalue weighted by Gasteiger charge is -2.37. The Hall–Kier alpha value is -3.88. The van der Waals surface area contributed by atoms with E-state index in [-0.39, 0.29) is 23.3 Å². The zero-order valence-electron chi connectivity index (χ0n) is 36.6. The van der Waals surface area contributed by atoms with Crippen molar-refractivity contribution in [1.82, 2.24) is 0 Å². The van der Waals surface area contributed by atoms with Crippen LogP contribution in [-0.2, 0) is 31.8 Å². The number of benzene rings is 3. The minimum absolute atomic E-state index is 0.187. The Morgan fingerprint density at radius 1 is 0.466 bits per heavy atom. The molecule has 4 rings (SSSR count). The molecular weight excluding hydrogens is 729 g/mol. The smallest absolute Gasteiger partial charge is 0.339 e. The summed E-state index contributed by atoms with van der Waals surface area (Å²) in [5, 5.41) is 0. The summed E-state index contributed by atoms with van der Waals surface area (Å²) in [7, 11) is 2.72. The van der Waals surface area contributed by atoms with Crippen molar-refractivity contribution in [1.29, 1.82) is 0 Å². The number of unbranched alkanes of at least 4 members (excludes halogenated alkanes) is 12. The molecule has 3 aromatic rings. The third-order valence-electron chi connectivity index (χ3n) is 11.2. The van der Waals surface area contributed by atoms with Crippen molar-refractivity contribution in [3.63, 3.8) is 0 Å². The quantitative estimate of drug-likeness (QED) is 0.0530. The second kappa shape index (κ2) is 26.3. The molecule has 0 spiro atoms. The number of rotatable bonds is 28. The van der Waals surface area contributed by atoms with Gasteiger partial charge in [-0.15, -0.1) is 0 Å². The van der Waals surface area contributed by atoms with Gasteiger partial charge in [0, 0.05) is 37.2 Å². The van der Waals surface area contributed by atoms with Crippen LogP contribution in [0, 0.1) is 0 Å². The first-order valence-corrected chi connectivity index (χ1v) is 22.5. The zero-order valence-corrected chi connectivity index (χ0v) is 36.6. The van der Waals surface area contributed by atoms with Crippen LogP contribution in [0.2, 0.25) is 0 Å². The van der Waals surface area contributed by atoms with E-state index in [2.05, 4.69) is 27.7 Å². The molecule has 0 heterocycles. The standard InChI is InChI=1S/C50H72O8/c1-7-11-15-17-19-21-33-57-43-35-41-42(36-44(43)58-34-22-20-18-16-12-8-2)46(38-25-29-40(30-26-38)56-32-14-10-4)48(50(52)54-6)47(49(51)53-5)45(41)37-23-27-39(28-24-37)55-31-13-9-3/h23-30,43-44H,7-22,31-36H2,1-6H3/t43-,44-/m0/s1. The minimum atomic E-state index is -0.603. The highest BCUT2D eigenvalue weighted by Gasteiger charge is 2.39. The van der Waals surface area contributed by atoms with Crippen molar-refractivity contribution >= 4 is 11.9 Å². The normalized spacial score (nSPS) is 14.9. The van der Waals surface area contributed by atoms with Crippen molar-refractivity contribution in [2.24, 2.45) is 0 Å². The molecule has 0 saturated heterocycles. The van der Waals surface area contributed by atoms with Gasteiger partial charge in [-0.2, -0.15) is 0 Å². The molecule has 0 radical (unpaired) electrons. The average Bonchev–Trinajstić information content (AvgIpc) is 3.25. The maximum atomic E-state index is 14.2. The Morgan fingerprint density at radius 2 is 0.810 bits per heavy atom. The number of hydrogen-bond donors (Lipinski definition) is 0. The topological polar surface area (TPSA) is 89.5 Å². The molecule has 320 valence electrons. The van der Waals surface area contributed by atoms with Gasteiger partial charge in [0.05, 0.1) is 50.8 Å². The first-order chi connectivity index (χ1) is 28.4.